The van der Waals surface area contributed by atoms with Gasteiger partial charge in [-0.1, -0.05) is 0 Å². The maximum absolute atomic E-state index is 5.24. The fraction of sp³-hybridized carbons (Fsp3) is 1.00. The van der Waals surface area contributed by atoms with Crippen molar-refractivity contribution in [3.8, 4) is 0 Å². The Hall–Kier alpha value is -0.0800. The minimum Gasteiger partial charge on any atom is -0.267 e. The first-order chi connectivity index (χ1) is 2.77. The predicted octanol–water partition coefficient (Wildman–Crippen LogP) is -1.02. The molecule has 1 aliphatic carbocycles. The first-order valence-corrected chi connectivity index (χ1v) is 2.33. The minimum absolute atomic E-state index is 0.444. The number of nitrogens with two attached hydrogens (primary N) is 2. The minimum atomic E-state index is 0.444. The molecular weight excluding hydrogens is 76.1 g/mol. The summed E-state index contributed by atoms with van der Waals surface area (Å²) < 4.78 is 0. The van der Waals surface area contributed by atoms with Crippen LogP contribution in [0.1, 0.15) is 19.8 Å². The number of rotatable bonds is 1. The summed E-state index contributed by atoms with van der Waals surface area (Å²) in [4.78, 5) is 0. The van der Waals surface area contributed by atoms with E-state index in [1.807, 2.05) is 0 Å². The molecule has 2 nitrogen and oxygen atoms in total. The van der Waals surface area contributed by atoms with Crippen LogP contribution in [0.4, 0.5) is 0 Å². The number of quaternary nitrogens is 1. The maximum Gasteiger partial charge on any atom is 0.111 e. The second kappa shape index (κ2) is 0.950. The number of hydrogen-bond donors (Lipinski definition) is 2. The Morgan fingerprint density at radius 2 is 2.17 bits per heavy atom. The predicted molar refractivity (Wildman–Crippen MR) is 23.8 cm³/mol. The first-order valence-electron chi connectivity index (χ1n) is 2.33. The molecule has 1 fully saturated rings. The molecule has 0 heterocycles. The molecule has 1 rings (SSSR count). The van der Waals surface area contributed by atoms with E-state index in [4.69, 9.17) is 5.84 Å². The van der Waals surface area contributed by atoms with Gasteiger partial charge in [-0.25, -0.2) is 0 Å². The van der Waals surface area contributed by atoms with Crippen molar-refractivity contribution >= 4 is 0 Å². The molecule has 0 aromatic heterocycles. The average Bonchev–Trinajstić information content (AvgIpc) is 2.22. The summed E-state index contributed by atoms with van der Waals surface area (Å²) in [5.41, 5.74) is 2.24. The summed E-state index contributed by atoms with van der Waals surface area (Å²) in [6.07, 6.45) is 2.59. The van der Waals surface area contributed by atoms with Gasteiger partial charge in [0.25, 0.3) is 0 Å². The maximum atomic E-state index is 5.24. The molecular formula is C4H11N2+. The lowest BCUT2D eigenvalue weighted by Gasteiger charge is -1.96. The van der Waals surface area contributed by atoms with Crippen LogP contribution in [0.3, 0.4) is 0 Å². The van der Waals surface area contributed by atoms with Crippen LogP contribution in [0.15, 0.2) is 0 Å². The molecule has 36 valence electrons. The van der Waals surface area contributed by atoms with Gasteiger partial charge < -0.3 is 0 Å². The van der Waals surface area contributed by atoms with Gasteiger partial charge in [-0.3, -0.25) is 5.43 Å². The third-order valence-electron chi connectivity index (χ3n) is 1.44. The third kappa shape index (κ3) is 0.533. The molecule has 0 aromatic carbocycles. The van der Waals surface area contributed by atoms with E-state index in [0.29, 0.717) is 5.54 Å². The van der Waals surface area contributed by atoms with Crippen LogP contribution < -0.4 is 11.3 Å². The molecule has 1 saturated carbocycles. The highest BCUT2D eigenvalue weighted by atomic mass is 15.3. The normalized spacial score (nSPS) is 27.0. The van der Waals surface area contributed by atoms with Crippen molar-refractivity contribution in [2.75, 3.05) is 0 Å². The van der Waals surface area contributed by atoms with Crippen molar-refractivity contribution in [3.05, 3.63) is 0 Å². The van der Waals surface area contributed by atoms with Crippen LogP contribution >= 0.6 is 0 Å². The monoisotopic (exact) mass is 87.1 g/mol. The van der Waals surface area contributed by atoms with Gasteiger partial charge in [-0.15, -0.1) is 0 Å². The van der Waals surface area contributed by atoms with Crippen molar-refractivity contribution in [2.24, 2.45) is 5.84 Å². The van der Waals surface area contributed by atoms with Crippen molar-refractivity contribution in [2.45, 2.75) is 25.3 Å². The van der Waals surface area contributed by atoms with Gasteiger partial charge in [-0.05, 0) is 6.92 Å². The van der Waals surface area contributed by atoms with Gasteiger partial charge >= 0.3 is 0 Å². The Kier molecular flexibility index (Phi) is 0.648. The lowest BCUT2D eigenvalue weighted by molar-refractivity contribution is -0.712. The van der Waals surface area contributed by atoms with E-state index < -0.39 is 0 Å². The Morgan fingerprint density at radius 1 is 1.67 bits per heavy atom. The summed E-state index contributed by atoms with van der Waals surface area (Å²) in [5.74, 6) is 5.24. The zero-order chi connectivity index (χ0) is 4.62. The third-order valence-corrected chi connectivity index (χ3v) is 1.44. The number of hydrogen-bond acceptors (Lipinski definition) is 1. The van der Waals surface area contributed by atoms with Crippen molar-refractivity contribution in [1.29, 1.82) is 0 Å². The first kappa shape index (κ1) is 4.09. The van der Waals surface area contributed by atoms with E-state index in [1.165, 1.54) is 12.8 Å². The Balaban J connectivity index is 2.28. The van der Waals surface area contributed by atoms with E-state index in [-0.39, 0.29) is 0 Å². The van der Waals surface area contributed by atoms with Gasteiger partial charge in [0.15, 0.2) is 0 Å². The molecule has 0 spiro atoms. The zero-order valence-corrected chi connectivity index (χ0v) is 4.07. The van der Waals surface area contributed by atoms with Crippen LogP contribution in [-0.2, 0) is 0 Å². The standard InChI is InChI=1S/C4H10N2/c1-4(6-5)2-3-4/h6H,2-3,5H2,1H3/p+1. The van der Waals surface area contributed by atoms with Gasteiger partial charge in [0.1, 0.15) is 5.54 Å². The quantitative estimate of drug-likeness (QED) is 0.312. The van der Waals surface area contributed by atoms with Gasteiger partial charge in [0, 0.05) is 12.8 Å². The molecule has 0 bridgehead atoms. The van der Waals surface area contributed by atoms with Crippen LogP contribution in [-0.4, -0.2) is 5.54 Å². The van der Waals surface area contributed by atoms with Gasteiger partial charge in [0.05, 0.1) is 0 Å². The van der Waals surface area contributed by atoms with Crippen LogP contribution in [0, 0.1) is 0 Å². The molecule has 2 heteroatoms. The lowest BCUT2D eigenvalue weighted by atomic mass is 10.4. The molecule has 0 unspecified atom stereocenters. The second-order valence-electron chi connectivity index (χ2n) is 2.32. The molecule has 4 N–H and O–H groups in total. The second-order valence-corrected chi connectivity index (χ2v) is 2.32. The molecule has 0 atom stereocenters. The Morgan fingerprint density at radius 3 is 2.17 bits per heavy atom. The zero-order valence-electron chi connectivity index (χ0n) is 4.07. The molecule has 0 radical (unpaired) electrons. The molecule has 0 aromatic rings. The van der Waals surface area contributed by atoms with Crippen LogP contribution in [0.25, 0.3) is 0 Å². The Labute approximate surface area is 37.7 Å². The van der Waals surface area contributed by atoms with Gasteiger partial charge in [0.2, 0.25) is 0 Å². The van der Waals surface area contributed by atoms with Gasteiger partial charge in [-0.2, -0.15) is 5.84 Å². The smallest absolute Gasteiger partial charge is 0.111 e. The van der Waals surface area contributed by atoms with Crippen LogP contribution in [0.5, 0.6) is 0 Å². The van der Waals surface area contributed by atoms with E-state index >= 15 is 0 Å². The van der Waals surface area contributed by atoms with E-state index in [9.17, 15) is 0 Å². The average molecular weight is 87.1 g/mol. The molecule has 0 amide bonds. The summed E-state index contributed by atoms with van der Waals surface area (Å²) >= 11 is 0. The van der Waals surface area contributed by atoms with E-state index in [0.717, 1.165) is 0 Å². The molecule has 6 heavy (non-hydrogen) atoms. The highest BCUT2D eigenvalue weighted by molar-refractivity contribution is 4.86. The fourth-order valence-corrected chi connectivity index (χ4v) is 0.364. The summed E-state index contributed by atoms with van der Waals surface area (Å²) in [5, 5.41) is 0. The van der Waals surface area contributed by atoms with Crippen LogP contribution in [0.2, 0.25) is 0 Å². The van der Waals surface area contributed by atoms with Crippen molar-refractivity contribution < 1.29 is 5.43 Å². The SMILES string of the molecule is CC1([NH2+]N)CC1. The summed E-state index contributed by atoms with van der Waals surface area (Å²) in [6, 6.07) is 0. The lowest BCUT2D eigenvalue weighted by Crippen LogP contribution is -2.97. The highest BCUT2D eigenvalue weighted by Gasteiger charge is 2.40. The molecule has 1 aliphatic rings. The largest absolute Gasteiger partial charge is 0.267 e. The van der Waals surface area contributed by atoms with Crippen molar-refractivity contribution in [3.63, 3.8) is 0 Å². The van der Waals surface area contributed by atoms with Crippen molar-refractivity contribution in [1.82, 2.24) is 0 Å². The molecule has 0 saturated heterocycles. The van der Waals surface area contributed by atoms with E-state index in [2.05, 4.69) is 6.92 Å². The highest BCUT2D eigenvalue weighted by Crippen LogP contribution is 2.28. The summed E-state index contributed by atoms with van der Waals surface area (Å²) in [6.45, 7) is 2.17. The fourth-order valence-electron chi connectivity index (χ4n) is 0.364. The topological polar surface area (TPSA) is 42.6 Å². The molecule has 0 aliphatic heterocycles. The van der Waals surface area contributed by atoms with E-state index in [1.54, 1.807) is 5.43 Å². The summed E-state index contributed by atoms with van der Waals surface area (Å²) in [7, 11) is 0. The Bertz CT molecular complexity index is 56.6.